The molecule has 2 aromatic rings. The summed E-state index contributed by atoms with van der Waals surface area (Å²) in [4.78, 5) is 28.7. The zero-order valence-corrected chi connectivity index (χ0v) is 17.3. The molecule has 0 atom stereocenters. The predicted octanol–water partition coefficient (Wildman–Crippen LogP) is 4.15. The summed E-state index contributed by atoms with van der Waals surface area (Å²) in [6, 6.07) is 5.09. The van der Waals surface area contributed by atoms with Crippen LogP contribution >= 0.6 is 0 Å². The van der Waals surface area contributed by atoms with E-state index in [2.05, 4.69) is 15.6 Å². The Bertz CT molecular complexity index is 840. The second kappa shape index (κ2) is 9.11. The van der Waals surface area contributed by atoms with E-state index in [1.54, 1.807) is 24.4 Å². The first-order valence-corrected chi connectivity index (χ1v) is 10.1. The highest BCUT2D eigenvalue weighted by Gasteiger charge is 2.28. The van der Waals surface area contributed by atoms with Gasteiger partial charge in [0, 0.05) is 17.3 Å². The van der Waals surface area contributed by atoms with Gasteiger partial charge in [0.05, 0.1) is 18.9 Å². The molecule has 0 radical (unpaired) electrons. The number of carbonyl (C=O) groups is 2. The van der Waals surface area contributed by atoms with Crippen LogP contribution in [0.25, 0.3) is 11.3 Å². The molecule has 0 saturated heterocycles. The van der Waals surface area contributed by atoms with Gasteiger partial charge in [-0.15, -0.1) is 0 Å². The minimum absolute atomic E-state index is 0.426. The predicted molar refractivity (Wildman–Crippen MR) is 111 cm³/mol. The highest BCUT2D eigenvalue weighted by molar-refractivity contribution is 6.39. The standard InChI is InChI=1S/C22H29N3O4/c1-22(2,12-15-7-5-4-6-8-15)25-21(27)20(26)24-16-9-10-17(18(11-16)28-3)19-13-23-14-29-19/h9-11,13-15H,4-8,12H2,1-3H3,(H,24,26)(H,25,27). The van der Waals surface area contributed by atoms with Crippen molar-refractivity contribution in [2.45, 2.75) is 57.9 Å². The van der Waals surface area contributed by atoms with Crippen LogP contribution in [0.15, 0.2) is 35.2 Å². The van der Waals surface area contributed by atoms with Crippen molar-refractivity contribution in [2.75, 3.05) is 12.4 Å². The van der Waals surface area contributed by atoms with E-state index in [4.69, 9.17) is 9.15 Å². The number of hydrogen-bond donors (Lipinski definition) is 2. The van der Waals surface area contributed by atoms with Crippen molar-refractivity contribution in [1.29, 1.82) is 0 Å². The van der Waals surface area contributed by atoms with Gasteiger partial charge < -0.3 is 19.8 Å². The van der Waals surface area contributed by atoms with Crippen LogP contribution in [-0.2, 0) is 9.59 Å². The number of amides is 2. The van der Waals surface area contributed by atoms with Gasteiger partial charge in [0.2, 0.25) is 0 Å². The van der Waals surface area contributed by atoms with Gasteiger partial charge in [0.25, 0.3) is 0 Å². The van der Waals surface area contributed by atoms with Gasteiger partial charge in [0.15, 0.2) is 12.2 Å². The first kappa shape index (κ1) is 20.9. The summed E-state index contributed by atoms with van der Waals surface area (Å²) in [6.07, 6.45) is 9.99. The Hall–Kier alpha value is -2.83. The molecule has 1 saturated carbocycles. The van der Waals surface area contributed by atoms with E-state index in [0.29, 0.717) is 28.7 Å². The van der Waals surface area contributed by atoms with E-state index in [-0.39, 0.29) is 0 Å². The van der Waals surface area contributed by atoms with Crippen LogP contribution in [0.3, 0.4) is 0 Å². The van der Waals surface area contributed by atoms with Crippen LogP contribution in [0.2, 0.25) is 0 Å². The Kier molecular flexibility index (Phi) is 6.56. The van der Waals surface area contributed by atoms with Crippen LogP contribution in [0.1, 0.15) is 52.4 Å². The number of ether oxygens (including phenoxy) is 1. The molecule has 7 nitrogen and oxygen atoms in total. The van der Waals surface area contributed by atoms with E-state index >= 15 is 0 Å². The molecule has 2 N–H and O–H groups in total. The second-order valence-electron chi connectivity index (χ2n) is 8.28. The lowest BCUT2D eigenvalue weighted by Gasteiger charge is -2.32. The third kappa shape index (κ3) is 5.59. The number of benzene rings is 1. The third-order valence-electron chi connectivity index (χ3n) is 5.34. The molecule has 1 aliphatic carbocycles. The van der Waals surface area contributed by atoms with Crippen molar-refractivity contribution in [2.24, 2.45) is 5.92 Å². The SMILES string of the molecule is COc1cc(NC(=O)C(=O)NC(C)(C)CC2CCCCC2)ccc1-c1cnco1. The van der Waals surface area contributed by atoms with Crippen molar-refractivity contribution in [3.05, 3.63) is 30.8 Å². The zero-order chi connectivity index (χ0) is 20.9. The van der Waals surface area contributed by atoms with Crippen LogP contribution in [0, 0.1) is 5.92 Å². The molecule has 1 aromatic carbocycles. The quantitative estimate of drug-likeness (QED) is 0.712. The Morgan fingerprint density at radius 3 is 2.62 bits per heavy atom. The van der Waals surface area contributed by atoms with Crippen LogP contribution < -0.4 is 15.4 Å². The minimum Gasteiger partial charge on any atom is -0.496 e. The van der Waals surface area contributed by atoms with Crippen molar-refractivity contribution >= 4 is 17.5 Å². The number of rotatable bonds is 6. The molecule has 0 unspecified atom stereocenters. The van der Waals surface area contributed by atoms with Crippen molar-refractivity contribution in [3.8, 4) is 17.1 Å². The molecular formula is C22H29N3O4. The highest BCUT2D eigenvalue weighted by atomic mass is 16.5. The summed E-state index contributed by atoms with van der Waals surface area (Å²) in [5.74, 6) is 0.342. The third-order valence-corrected chi connectivity index (χ3v) is 5.34. The van der Waals surface area contributed by atoms with Gasteiger partial charge in [-0.1, -0.05) is 32.1 Å². The number of methoxy groups -OCH3 is 1. The number of carbonyl (C=O) groups excluding carboxylic acids is 2. The fourth-order valence-corrected chi connectivity index (χ4v) is 4.04. The van der Waals surface area contributed by atoms with E-state index < -0.39 is 17.4 Å². The first-order chi connectivity index (χ1) is 13.9. The lowest BCUT2D eigenvalue weighted by atomic mass is 9.81. The Morgan fingerprint density at radius 2 is 1.97 bits per heavy atom. The zero-order valence-electron chi connectivity index (χ0n) is 17.3. The smallest absolute Gasteiger partial charge is 0.313 e. The van der Waals surface area contributed by atoms with Crippen LogP contribution in [-0.4, -0.2) is 29.4 Å². The molecule has 1 aliphatic rings. The molecule has 3 rings (SSSR count). The van der Waals surface area contributed by atoms with Crippen LogP contribution in [0.5, 0.6) is 5.75 Å². The molecule has 0 bridgehead atoms. The van der Waals surface area contributed by atoms with Gasteiger partial charge in [-0.25, -0.2) is 4.98 Å². The molecule has 1 aromatic heterocycles. The van der Waals surface area contributed by atoms with Crippen molar-refractivity contribution in [1.82, 2.24) is 10.3 Å². The van der Waals surface area contributed by atoms with Gasteiger partial charge in [-0.3, -0.25) is 9.59 Å². The Balaban J connectivity index is 1.61. The summed E-state index contributed by atoms with van der Waals surface area (Å²) >= 11 is 0. The summed E-state index contributed by atoms with van der Waals surface area (Å²) in [7, 11) is 1.53. The molecule has 0 aliphatic heterocycles. The van der Waals surface area contributed by atoms with Crippen LogP contribution in [0.4, 0.5) is 5.69 Å². The fraction of sp³-hybridized carbons (Fsp3) is 0.500. The largest absolute Gasteiger partial charge is 0.496 e. The number of hydrogen-bond acceptors (Lipinski definition) is 5. The molecule has 0 spiro atoms. The first-order valence-electron chi connectivity index (χ1n) is 10.1. The summed E-state index contributed by atoms with van der Waals surface area (Å²) < 4.78 is 10.7. The highest BCUT2D eigenvalue weighted by Crippen LogP contribution is 2.32. The maximum Gasteiger partial charge on any atom is 0.313 e. The number of aromatic nitrogens is 1. The maximum atomic E-state index is 12.4. The number of nitrogens with zero attached hydrogens (tertiary/aromatic N) is 1. The molecular weight excluding hydrogens is 370 g/mol. The fourth-order valence-electron chi connectivity index (χ4n) is 4.04. The lowest BCUT2D eigenvalue weighted by Crippen LogP contribution is -2.49. The number of oxazole rings is 1. The maximum absolute atomic E-state index is 12.4. The van der Waals surface area contributed by atoms with Gasteiger partial charge in [-0.05, 0) is 38.3 Å². The topological polar surface area (TPSA) is 93.5 Å². The second-order valence-corrected chi connectivity index (χ2v) is 8.28. The summed E-state index contributed by atoms with van der Waals surface area (Å²) in [6.45, 7) is 3.95. The molecule has 2 amide bonds. The minimum atomic E-state index is -0.698. The van der Waals surface area contributed by atoms with Crippen molar-refractivity contribution < 1.29 is 18.7 Å². The molecule has 7 heteroatoms. The Morgan fingerprint density at radius 1 is 1.21 bits per heavy atom. The molecule has 1 fully saturated rings. The van der Waals surface area contributed by atoms with Gasteiger partial charge in [0.1, 0.15) is 5.75 Å². The number of nitrogens with one attached hydrogen (secondary N) is 2. The average molecular weight is 399 g/mol. The average Bonchev–Trinajstić information content (AvgIpc) is 3.22. The molecule has 156 valence electrons. The van der Waals surface area contributed by atoms with Crippen molar-refractivity contribution in [3.63, 3.8) is 0 Å². The van der Waals surface area contributed by atoms with E-state index in [0.717, 1.165) is 6.42 Å². The van der Waals surface area contributed by atoms with E-state index in [1.807, 2.05) is 13.8 Å². The summed E-state index contributed by atoms with van der Waals surface area (Å²) in [5, 5.41) is 5.52. The molecule has 1 heterocycles. The van der Waals surface area contributed by atoms with Gasteiger partial charge in [-0.2, -0.15) is 0 Å². The number of anilines is 1. The van der Waals surface area contributed by atoms with E-state index in [9.17, 15) is 9.59 Å². The Labute approximate surface area is 171 Å². The monoisotopic (exact) mass is 399 g/mol. The normalized spacial score (nSPS) is 15.0. The lowest BCUT2D eigenvalue weighted by molar-refractivity contribution is -0.137. The van der Waals surface area contributed by atoms with E-state index in [1.165, 1.54) is 45.6 Å². The summed E-state index contributed by atoms with van der Waals surface area (Å²) in [5.41, 5.74) is 0.751. The van der Waals surface area contributed by atoms with Gasteiger partial charge >= 0.3 is 11.8 Å². The molecule has 29 heavy (non-hydrogen) atoms.